The van der Waals surface area contributed by atoms with E-state index in [1.165, 1.54) is 5.56 Å². The van der Waals surface area contributed by atoms with E-state index < -0.39 is 5.76 Å². The number of aromatic nitrogens is 1. The van der Waals surface area contributed by atoms with Crippen molar-refractivity contribution in [2.75, 3.05) is 26.7 Å². The molecule has 0 radical (unpaired) electrons. The van der Waals surface area contributed by atoms with Gasteiger partial charge in [-0.25, -0.2) is 4.79 Å². The van der Waals surface area contributed by atoms with Crippen molar-refractivity contribution in [3.05, 3.63) is 34.3 Å². The van der Waals surface area contributed by atoms with E-state index in [4.69, 9.17) is 4.42 Å². The number of likely N-dealkylation sites (N-methyl/N-ethyl adjacent to an activating group) is 1. The first-order valence-electron chi connectivity index (χ1n) is 6.25. The Bertz CT molecular complexity index is 602. The summed E-state index contributed by atoms with van der Waals surface area (Å²) in [6.07, 6.45) is 0.967. The third kappa shape index (κ3) is 2.19. The van der Waals surface area contributed by atoms with Crippen LogP contribution in [0.4, 0.5) is 0 Å². The number of oxazole rings is 1. The summed E-state index contributed by atoms with van der Waals surface area (Å²) in [5.41, 5.74) is 2.61. The van der Waals surface area contributed by atoms with E-state index in [0.717, 1.165) is 31.6 Å². The number of nitrogens with one attached hydrogen (secondary N) is 2. The SMILES string of the molecule is CN1CCNCC1Cc1ccc2[nH]c(=O)oc2c1. The Balaban J connectivity index is 1.83. The Morgan fingerprint density at radius 3 is 3.22 bits per heavy atom. The Morgan fingerprint density at radius 2 is 2.39 bits per heavy atom. The Kier molecular flexibility index (Phi) is 2.93. The number of nitrogens with zero attached hydrogens (tertiary/aromatic N) is 1. The average Bonchev–Trinajstić information content (AvgIpc) is 2.71. The van der Waals surface area contributed by atoms with Gasteiger partial charge in [-0.05, 0) is 31.2 Å². The fourth-order valence-electron chi connectivity index (χ4n) is 2.48. The van der Waals surface area contributed by atoms with Gasteiger partial charge >= 0.3 is 5.76 Å². The van der Waals surface area contributed by atoms with Gasteiger partial charge in [0.05, 0.1) is 5.52 Å². The summed E-state index contributed by atoms with van der Waals surface area (Å²) in [6.45, 7) is 3.14. The summed E-state index contributed by atoms with van der Waals surface area (Å²) in [7, 11) is 2.15. The highest BCUT2D eigenvalue weighted by Crippen LogP contribution is 2.15. The predicted octanol–water partition coefficient (Wildman–Crippen LogP) is 0.567. The summed E-state index contributed by atoms with van der Waals surface area (Å²) in [6, 6.07) is 6.42. The van der Waals surface area contributed by atoms with Gasteiger partial charge in [0.15, 0.2) is 5.58 Å². The summed E-state index contributed by atoms with van der Waals surface area (Å²) in [4.78, 5) is 16.1. The van der Waals surface area contributed by atoms with Crippen LogP contribution in [0.15, 0.2) is 27.4 Å². The number of aromatic amines is 1. The van der Waals surface area contributed by atoms with E-state index in [9.17, 15) is 4.79 Å². The maximum Gasteiger partial charge on any atom is 0.417 e. The summed E-state index contributed by atoms with van der Waals surface area (Å²) in [5.74, 6) is -0.390. The van der Waals surface area contributed by atoms with E-state index in [1.807, 2.05) is 12.1 Å². The van der Waals surface area contributed by atoms with Crippen molar-refractivity contribution < 1.29 is 4.42 Å². The monoisotopic (exact) mass is 247 g/mol. The average molecular weight is 247 g/mol. The molecule has 18 heavy (non-hydrogen) atoms. The number of rotatable bonds is 2. The lowest BCUT2D eigenvalue weighted by atomic mass is 10.0. The quantitative estimate of drug-likeness (QED) is 0.814. The topological polar surface area (TPSA) is 61.3 Å². The van der Waals surface area contributed by atoms with Gasteiger partial charge in [-0.15, -0.1) is 0 Å². The molecule has 96 valence electrons. The Labute approximate surface area is 105 Å². The number of hydrogen-bond donors (Lipinski definition) is 2. The molecule has 1 aliphatic heterocycles. The molecule has 1 unspecified atom stereocenters. The van der Waals surface area contributed by atoms with E-state index in [0.29, 0.717) is 11.6 Å². The lowest BCUT2D eigenvalue weighted by Gasteiger charge is -2.33. The van der Waals surface area contributed by atoms with Crippen LogP contribution in [0.2, 0.25) is 0 Å². The van der Waals surface area contributed by atoms with Crippen LogP contribution in [0.5, 0.6) is 0 Å². The molecule has 3 rings (SSSR count). The van der Waals surface area contributed by atoms with Crippen molar-refractivity contribution in [1.29, 1.82) is 0 Å². The zero-order valence-corrected chi connectivity index (χ0v) is 10.4. The van der Waals surface area contributed by atoms with Gasteiger partial charge in [0.25, 0.3) is 0 Å². The predicted molar refractivity (Wildman–Crippen MR) is 69.8 cm³/mol. The third-order valence-corrected chi connectivity index (χ3v) is 3.60. The maximum atomic E-state index is 11.1. The number of hydrogen-bond acceptors (Lipinski definition) is 4. The number of benzene rings is 1. The maximum absolute atomic E-state index is 11.1. The highest BCUT2D eigenvalue weighted by Gasteiger charge is 2.18. The molecule has 1 atom stereocenters. The van der Waals surface area contributed by atoms with E-state index >= 15 is 0 Å². The molecule has 2 N–H and O–H groups in total. The van der Waals surface area contributed by atoms with Gasteiger partial charge in [0.1, 0.15) is 0 Å². The van der Waals surface area contributed by atoms with Crippen molar-refractivity contribution in [3.8, 4) is 0 Å². The molecule has 1 aliphatic rings. The van der Waals surface area contributed by atoms with Crippen LogP contribution in [0.25, 0.3) is 11.1 Å². The first kappa shape index (κ1) is 11.5. The summed E-state index contributed by atoms with van der Waals surface area (Å²) < 4.78 is 5.08. The van der Waals surface area contributed by atoms with Crippen LogP contribution in [-0.2, 0) is 6.42 Å². The van der Waals surface area contributed by atoms with Crippen LogP contribution < -0.4 is 11.1 Å². The van der Waals surface area contributed by atoms with Crippen LogP contribution >= 0.6 is 0 Å². The van der Waals surface area contributed by atoms with Crippen molar-refractivity contribution in [1.82, 2.24) is 15.2 Å². The lowest BCUT2D eigenvalue weighted by Crippen LogP contribution is -2.50. The highest BCUT2D eigenvalue weighted by atomic mass is 16.4. The van der Waals surface area contributed by atoms with Crippen LogP contribution in [-0.4, -0.2) is 42.6 Å². The fourth-order valence-corrected chi connectivity index (χ4v) is 2.48. The van der Waals surface area contributed by atoms with Crippen LogP contribution in [0.1, 0.15) is 5.56 Å². The molecule has 0 amide bonds. The van der Waals surface area contributed by atoms with Gasteiger partial charge in [0, 0.05) is 25.7 Å². The van der Waals surface area contributed by atoms with E-state index in [1.54, 1.807) is 0 Å². The zero-order valence-electron chi connectivity index (χ0n) is 10.4. The van der Waals surface area contributed by atoms with Gasteiger partial charge in [0.2, 0.25) is 0 Å². The zero-order chi connectivity index (χ0) is 12.5. The van der Waals surface area contributed by atoms with Crippen molar-refractivity contribution >= 4 is 11.1 Å². The molecule has 5 nitrogen and oxygen atoms in total. The van der Waals surface area contributed by atoms with Gasteiger partial charge < -0.3 is 14.6 Å². The molecule has 1 saturated heterocycles. The summed E-state index contributed by atoms with van der Waals surface area (Å²) >= 11 is 0. The molecular formula is C13H17N3O2. The van der Waals surface area contributed by atoms with E-state index in [-0.39, 0.29) is 0 Å². The molecule has 0 aliphatic carbocycles. The molecule has 2 heterocycles. The molecule has 1 fully saturated rings. The fraction of sp³-hybridized carbons (Fsp3) is 0.462. The smallest absolute Gasteiger partial charge is 0.408 e. The minimum Gasteiger partial charge on any atom is -0.408 e. The Hall–Kier alpha value is -1.59. The second-order valence-corrected chi connectivity index (χ2v) is 4.89. The van der Waals surface area contributed by atoms with E-state index in [2.05, 4.69) is 28.3 Å². The first-order chi connectivity index (χ1) is 8.72. The third-order valence-electron chi connectivity index (χ3n) is 3.60. The summed E-state index contributed by atoms with van der Waals surface area (Å²) in [5, 5.41) is 3.41. The second-order valence-electron chi connectivity index (χ2n) is 4.89. The largest absolute Gasteiger partial charge is 0.417 e. The second kappa shape index (κ2) is 4.59. The van der Waals surface area contributed by atoms with Gasteiger partial charge in [-0.2, -0.15) is 0 Å². The normalized spacial score (nSPS) is 21.5. The number of H-pyrrole nitrogens is 1. The van der Waals surface area contributed by atoms with Gasteiger partial charge in [-0.3, -0.25) is 4.98 Å². The molecule has 2 aromatic rings. The molecular weight excluding hydrogens is 230 g/mol. The molecule has 1 aromatic carbocycles. The van der Waals surface area contributed by atoms with Crippen molar-refractivity contribution in [2.24, 2.45) is 0 Å². The van der Waals surface area contributed by atoms with Crippen molar-refractivity contribution in [3.63, 3.8) is 0 Å². The van der Waals surface area contributed by atoms with Crippen LogP contribution in [0, 0.1) is 0 Å². The first-order valence-corrected chi connectivity index (χ1v) is 6.25. The highest BCUT2D eigenvalue weighted by molar-refractivity contribution is 5.72. The number of piperazine rings is 1. The molecule has 0 saturated carbocycles. The van der Waals surface area contributed by atoms with Crippen LogP contribution in [0.3, 0.4) is 0 Å². The number of fused-ring (bicyclic) bond motifs is 1. The minimum absolute atomic E-state index is 0.390. The van der Waals surface area contributed by atoms with Crippen molar-refractivity contribution in [2.45, 2.75) is 12.5 Å². The minimum atomic E-state index is -0.390. The standard InChI is InChI=1S/C13H17N3O2/c1-16-5-4-14-8-10(16)6-9-2-3-11-12(7-9)18-13(17)15-11/h2-3,7,10,14H,4-6,8H2,1H3,(H,15,17). The van der Waals surface area contributed by atoms with Gasteiger partial charge in [-0.1, -0.05) is 6.07 Å². The molecule has 5 heteroatoms. The lowest BCUT2D eigenvalue weighted by molar-refractivity contribution is 0.199. The Morgan fingerprint density at radius 1 is 1.50 bits per heavy atom. The molecule has 0 spiro atoms. The molecule has 0 bridgehead atoms. The molecule has 1 aromatic heterocycles.